The van der Waals surface area contributed by atoms with Crippen molar-refractivity contribution in [1.29, 1.82) is 5.26 Å². The van der Waals surface area contributed by atoms with Crippen LogP contribution in [-0.4, -0.2) is 24.9 Å². The molecule has 0 bridgehead atoms. The average molecular weight is 294 g/mol. The summed E-state index contributed by atoms with van der Waals surface area (Å²) in [5, 5.41) is 23.9. The zero-order valence-electron chi connectivity index (χ0n) is 12.1. The van der Waals surface area contributed by atoms with E-state index in [0.29, 0.717) is 28.1 Å². The number of benzene rings is 1. The van der Waals surface area contributed by atoms with Crippen molar-refractivity contribution < 1.29 is 5.11 Å². The molecule has 0 amide bonds. The number of nitrogens with zero attached hydrogens (tertiary/aromatic N) is 5. The van der Waals surface area contributed by atoms with Crippen LogP contribution in [0.4, 0.5) is 5.82 Å². The number of phenolic OH excluding ortho intramolecular Hbond substituents is 1. The van der Waals surface area contributed by atoms with Crippen LogP contribution < -0.4 is 5.73 Å². The molecule has 0 aliphatic heterocycles. The van der Waals surface area contributed by atoms with Gasteiger partial charge in [0.1, 0.15) is 29.7 Å². The predicted molar refractivity (Wildman–Crippen MR) is 81.9 cm³/mol. The summed E-state index contributed by atoms with van der Waals surface area (Å²) < 4.78 is 1.77. The largest absolute Gasteiger partial charge is 0.507 e. The van der Waals surface area contributed by atoms with Gasteiger partial charge in [0.25, 0.3) is 0 Å². The molecule has 3 rings (SSSR count). The molecule has 2 heterocycles. The Morgan fingerprint density at radius 1 is 1.32 bits per heavy atom. The second-order valence-electron chi connectivity index (χ2n) is 5.19. The normalized spacial score (nSPS) is 11.0. The van der Waals surface area contributed by atoms with Gasteiger partial charge in [-0.3, -0.25) is 0 Å². The molecule has 1 aromatic carbocycles. The Balaban J connectivity index is 2.34. The first kappa shape index (κ1) is 13.8. The Labute approximate surface area is 126 Å². The third kappa shape index (κ3) is 2.02. The summed E-state index contributed by atoms with van der Waals surface area (Å²) in [6.07, 6.45) is 1.40. The van der Waals surface area contributed by atoms with Gasteiger partial charge >= 0.3 is 0 Å². The molecular formula is C15H14N6O. The van der Waals surface area contributed by atoms with E-state index in [-0.39, 0.29) is 17.4 Å². The minimum Gasteiger partial charge on any atom is -0.507 e. The number of aromatic nitrogens is 4. The molecule has 0 saturated carbocycles. The number of nitrogen functional groups attached to an aromatic ring is 1. The molecule has 3 N–H and O–H groups in total. The first-order valence-electron chi connectivity index (χ1n) is 6.75. The monoisotopic (exact) mass is 294 g/mol. The van der Waals surface area contributed by atoms with Crippen LogP contribution in [0.5, 0.6) is 5.75 Å². The Bertz CT molecular complexity index is 906. The molecular weight excluding hydrogens is 280 g/mol. The number of fused-ring (bicyclic) bond motifs is 1. The van der Waals surface area contributed by atoms with Gasteiger partial charge in [-0.05, 0) is 32.0 Å². The Hall–Kier alpha value is -3.14. The number of aromatic hydroxyl groups is 1. The molecule has 0 unspecified atom stereocenters. The van der Waals surface area contributed by atoms with Crippen molar-refractivity contribution in [3.8, 4) is 23.1 Å². The van der Waals surface area contributed by atoms with E-state index >= 15 is 0 Å². The van der Waals surface area contributed by atoms with Crippen molar-refractivity contribution in [2.45, 2.75) is 19.9 Å². The minimum atomic E-state index is -0.0666. The zero-order chi connectivity index (χ0) is 15.9. The summed E-state index contributed by atoms with van der Waals surface area (Å²) in [5.41, 5.74) is 8.09. The van der Waals surface area contributed by atoms with Gasteiger partial charge < -0.3 is 10.8 Å². The quantitative estimate of drug-likeness (QED) is 0.749. The number of anilines is 1. The fourth-order valence-corrected chi connectivity index (χ4v) is 2.33. The van der Waals surface area contributed by atoms with Gasteiger partial charge in [0.2, 0.25) is 0 Å². The molecule has 0 aliphatic rings. The molecule has 2 aromatic heterocycles. The topological polar surface area (TPSA) is 114 Å². The smallest absolute Gasteiger partial charge is 0.164 e. The molecule has 7 nitrogen and oxygen atoms in total. The number of nitrogens with two attached hydrogens (primary N) is 1. The van der Waals surface area contributed by atoms with Gasteiger partial charge in [0, 0.05) is 11.6 Å². The molecule has 0 spiro atoms. The highest BCUT2D eigenvalue weighted by Crippen LogP contribution is 2.33. The first-order chi connectivity index (χ1) is 10.5. The van der Waals surface area contributed by atoms with E-state index in [2.05, 4.69) is 15.1 Å². The van der Waals surface area contributed by atoms with Gasteiger partial charge in [-0.15, -0.1) is 0 Å². The standard InChI is InChI=1S/C15H14N6O/c1-8(2)21-15-12(14(17)18-7-19-15)13(20-21)9-3-4-11(22)10(5-9)6-16/h3-5,7-8,22H,1-2H3,(H2,17,18,19). The third-order valence-electron chi connectivity index (χ3n) is 3.40. The second-order valence-corrected chi connectivity index (χ2v) is 5.19. The average Bonchev–Trinajstić information content (AvgIpc) is 2.89. The maximum Gasteiger partial charge on any atom is 0.164 e. The summed E-state index contributed by atoms with van der Waals surface area (Å²) in [4.78, 5) is 8.29. The number of hydrogen-bond acceptors (Lipinski definition) is 6. The van der Waals surface area contributed by atoms with E-state index in [1.165, 1.54) is 12.4 Å². The maximum absolute atomic E-state index is 9.65. The van der Waals surface area contributed by atoms with Crippen molar-refractivity contribution in [3.63, 3.8) is 0 Å². The van der Waals surface area contributed by atoms with E-state index in [1.54, 1.807) is 16.8 Å². The highest BCUT2D eigenvalue weighted by Gasteiger charge is 2.19. The molecule has 0 fully saturated rings. The Morgan fingerprint density at radius 2 is 2.09 bits per heavy atom. The van der Waals surface area contributed by atoms with Crippen LogP contribution in [0.15, 0.2) is 24.5 Å². The van der Waals surface area contributed by atoms with Gasteiger partial charge in [0.05, 0.1) is 10.9 Å². The van der Waals surface area contributed by atoms with Crippen LogP contribution in [0.25, 0.3) is 22.3 Å². The lowest BCUT2D eigenvalue weighted by Gasteiger charge is -2.05. The SMILES string of the molecule is CC(C)n1nc(-c2ccc(O)c(C#N)c2)c2c(N)ncnc21. The molecule has 0 aliphatic carbocycles. The molecule has 0 radical (unpaired) electrons. The van der Waals surface area contributed by atoms with Crippen LogP contribution in [-0.2, 0) is 0 Å². The lowest BCUT2D eigenvalue weighted by molar-refractivity contribution is 0.473. The van der Waals surface area contributed by atoms with Crippen LogP contribution in [0.3, 0.4) is 0 Å². The summed E-state index contributed by atoms with van der Waals surface area (Å²) in [7, 11) is 0. The van der Waals surface area contributed by atoms with Gasteiger partial charge in [-0.2, -0.15) is 10.4 Å². The van der Waals surface area contributed by atoms with Crippen molar-refractivity contribution in [1.82, 2.24) is 19.7 Å². The summed E-state index contributed by atoms with van der Waals surface area (Å²) in [6.45, 7) is 3.98. The highest BCUT2D eigenvalue weighted by molar-refractivity contribution is 5.98. The summed E-state index contributed by atoms with van der Waals surface area (Å²) in [6, 6.07) is 6.78. The van der Waals surface area contributed by atoms with E-state index < -0.39 is 0 Å². The summed E-state index contributed by atoms with van der Waals surface area (Å²) in [5.74, 6) is 0.265. The van der Waals surface area contributed by atoms with E-state index in [0.717, 1.165) is 0 Å². The third-order valence-corrected chi connectivity index (χ3v) is 3.40. The molecule has 7 heteroatoms. The fourth-order valence-electron chi connectivity index (χ4n) is 2.33. The van der Waals surface area contributed by atoms with Crippen LogP contribution in [0, 0.1) is 11.3 Å². The first-order valence-corrected chi connectivity index (χ1v) is 6.75. The Morgan fingerprint density at radius 3 is 2.77 bits per heavy atom. The minimum absolute atomic E-state index is 0.0666. The van der Waals surface area contributed by atoms with Gasteiger partial charge in [0.15, 0.2) is 5.65 Å². The lowest BCUT2D eigenvalue weighted by atomic mass is 10.1. The number of rotatable bonds is 2. The van der Waals surface area contributed by atoms with Crippen LogP contribution >= 0.6 is 0 Å². The van der Waals surface area contributed by atoms with Gasteiger partial charge in [-0.1, -0.05) is 0 Å². The molecule has 0 atom stereocenters. The second kappa shape index (κ2) is 5.00. The van der Waals surface area contributed by atoms with E-state index in [9.17, 15) is 5.11 Å². The van der Waals surface area contributed by atoms with E-state index in [1.807, 2.05) is 19.9 Å². The number of phenols is 1. The molecule has 3 aromatic rings. The highest BCUT2D eigenvalue weighted by atomic mass is 16.3. The lowest BCUT2D eigenvalue weighted by Crippen LogP contribution is -2.04. The van der Waals surface area contributed by atoms with Crippen molar-refractivity contribution in [3.05, 3.63) is 30.1 Å². The van der Waals surface area contributed by atoms with Gasteiger partial charge in [-0.25, -0.2) is 14.6 Å². The van der Waals surface area contributed by atoms with Crippen LogP contribution in [0.2, 0.25) is 0 Å². The predicted octanol–water partition coefficient (Wildman–Crippen LogP) is 2.23. The van der Waals surface area contributed by atoms with Crippen molar-refractivity contribution >= 4 is 16.9 Å². The van der Waals surface area contributed by atoms with Crippen molar-refractivity contribution in [2.24, 2.45) is 0 Å². The zero-order valence-corrected chi connectivity index (χ0v) is 12.1. The number of nitriles is 1. The molecule has 22 heavy (non-hydrogen) atoms. The summed E-state index contributed by atoms with van der Waals surface area (Å²) >= 11 is 0. The maximum atomic E-state index is 9.65. The number of hydrogen-bond donors (Lipinski definition) is 2. The molecule has 110 valence electrons. The van der Waals surface area contributed by atoms with E-state index in [4.69, 9.17) is 11.0 Å². The van der Waals surface area contributed by atoms with Crippen LogP contribution in [0.1, 0.15) is 25.5 Å². The fraction of sp³-hybridized carbons (Fsp3) is 0.200. The Kier molecular flexibility index (Phi) is 3.14. The molecule has 0 saturated heterocycles. The van der Waals surface area contributed by atoms with Crippen molar-refractivity contribution in [2.75, 3.05) is 5.73 Å².